The standard InChI is InChI=1S/C21H35N3O4/c1-15(2)18(26)21-10-11-24(14-21)19(27)28-12-8-6-7-9-20(5,23-16(3)4)17(25)13-22-21/h6,8,15-16,22-23H,7,9-14H2,1-5H3/b8-6+. The largest absolute Gasteiger partial charge is 0.445 e. The molecule has 7 nitrogen and oxygen atoms in total. The molecule has 158 valence electrons. The maximum absolute atomic E-state index is 13.1. The molecule has 0 aliphatic carbocycles. The van der Waals surface area contributed by atoms with E-state index in [4.69, 9.17) is 4.74 Å². The Morgan fingerprint density at radius 3 is 2.57 bits per heavy atom. The van der Waals surface area contributed by atoms with Crippen LogP contribution in [0, 0.1) is 5.92 Å². The van der Waals surface area contributed by atoms with Gasteiger partial charge in [0.1, 0.15) is 6.61 Å². The van der Waals surface area contributed by atoms with Crippen molar-refractivity contribution in [3.63, 3.8) is 0 Å². The Kier molecular flexibility index (Phi) is 7.39. The maximum atomic E-state index is 13.1. The number of rotatable bonds is 4. The van der Waals surface area contributed by atoms with E-state index in [0.29, 0.717) is 25.8 Å². The van der Waals surface area contributed by atoms with Crippen molar-refractivity contribution in [3.8, 4) is 0 Å². The molecule has 2 heterocycles. The number of fused-ring (bicyclic) bond motifs is 2. The van der Waals surface area contributed by atoms with Crippen LogP contribution in [0.2, 0.25) is 0 Å². The molecule has 2 aliphatic rings. The van der Waals surface area contributed by atoms with Gasteiger partial charge >= 0.3 is 6.09 Å². The molecule has 0 spiro atoms. The normalized spacial score (nSPS) is 31.0. The van der Waals surface area contributed by atoms with Crippen molar-refractivity contribution in [1.29, 1.82) is 0 Å². The molecule has 2 bridgehead atoms. The van der Waals surface area contributed by atoms with Gasteiger partial charge in [-0.15, -0.1) is 0 Å². The molecule has 2 atom stereocenters. The first-order chi connectivity index (χ1) is 13.1. The minimum absolute atomic E-state index is 0.0288. The average molecular weight is 394 g/mol. The minimum atomic E-state index is -0.901. The van der Waals surface area contributed by atoms with E-state index in [1.54, 1.807) is 4.90 Å². The number of ketones is 2. The summed E-state index contributed by atoms with van der Waals surface area (Å²) in [5.41, 5.74) is -1.59. The minimum Gasteiger partial charge on any atom is -0.445 e. The van der Waals surface area contributed by atoms with Gasteiger partial charge < -0.3 is 15.0 Å². The van der Waals surface area contributed by atoms with Crippen LogP contribution in [-0.4, -0.2) is 65.9 Å². The molecule has 2 unspecified atom stereocenters. The lowest BCUT2D eigenvalue weighted by Gasteiger charge is -2.35. The monoisotopic (exact) mass is 393 g/mol. The zero-order valence-electron chi connectivity index (χ0n) is 17.8. The van der Waals surface area contributed by atoms with E-state index >= 15 is 0 Å². The van der Waals surface area contributed by atoms with Gasteiger partial charge in [0, 0.05) is 25.0 Å². The van der Waals surface area contributed by atoms with Crippen LogP contribution in [-0.2, 0) is 14.3 Å². The van der Waals surface area contributed by atoms with Gasteiger partial charge in [0.25, 0.3) is 0 Å². The highest BCUT2D eigenvalue weighted by Gasteiger charge is 2.47. The van der Waals surface area contributed by atoms with E-state index in [-0.39, 0.29) is 43.2 Å². The van der Waals surface area contributed by atoms with E-state index in [9.17, 15) is 14.4 Å². The smallest absolute Gasteiger partial charge is 0.410 e. The fourth-order valence-electron chi connectivity index (χ4n) is 4.09. The zero-order valence-corrected chi connectivity index (χ0v) is 17.8. The lowest BCUT2D eigenvalue weighted by molar-refractivity contribution is -0.129. The molecule has 28 heavy (non-hydrogen) atoms. The molecule has 2 N–H and O–H groups in total. The van der Waals surface area contributed by atoms with Crippen molar-refractivity contribution in [3.05, 3.63) is 12.2 Å². The number of allylic oxidation sites excluding steroid dienone is 1. The highest BCUT2D eigenvalue weighted by atomic mass is 16.6. The van der Waals surface area contributed by atoms with Crippen LogP contribution in [0.4, 0.5) is 4.79 Å². The molecule has 0 aromatic heterocycles. The summed E-state index contributed by atoms with van der Waals surface area (Å²) in [4.78, 5) is 40.0. The van der Waals surface area contributed by atoms with Gasteiger partial charge in [-0.05, 0) is 40.0 Å². The van der Waals surface area contributed by atoms with Crippen molar-refractivity contribution < 1.29 is 19.1 Å². The molecule has 2 rings (SSSR count). The topological polar surface area (TPSA) is 87.7 Å². The molecule has 7 heteroatoms. The van der Waals surface area contributed by atoms with Crippen LogP contribution in [0.1, 0.15) is 53.9 Å². The van der Waals surface area contributed by atoms with Gasteiger partial charge in [-0.2, -0.15) is 0 Å². The van der Waals surface area contributed by atoms with Gasteiger partial charge in [-0.1, -0.05) is 26.0 Å². The summed E-state index contributed by atoms with van der Waals surface area (Å²) in [6, 6.07) is 0.158. The fourth-order valence-corrected chi connectivity index (χ4v) is 4.09. The first-order valence-corrected chi connectivity index (χ1v) is 10.3. The number of ether oxygens (including phenoxy) is 1. The Labute approximate surface area is 168 Å². The molecule has 1 saturated heterocycles. The number of carbonyl (C=O) groups is 3. The molecule has 0 saturated carbocycles. The molecule has 2 aliphatic heterocycles. The first kappa shape index (κ1) is 22.6. The summed E-state index contributed by atoms with van der Waals surface area (Å²) < 4.78 is 5.32. The summed E-state index contributed by atoms with van der Waals surface area (Å²) in [6.45, 7) is 10.6. The molecule has 0 aromatic carbocycles. The van der Waals surface area contributed by atoms with E-state index in [1.807, 2.05) is 46.8 Å². The van der Waals surface area contributed by atoms with Crippen LogP contribution in [0.25, 0.3) is 0 Å². The summed E-state index contributed by atoms with van der Waals surface area (Å²) in [7, 11) is 0. The summed E-state index contributed by atoms with van der Waals surface area (Å²) in [5.74, 6) is -0.134. The summed E-state index contributed by atoms with van der Waals surface area (Å²) in [6.07, 6.45) is 5.14. The molecule has 0 radical (unpaired) electrons. The molecular weight excluding hydrogens is 358 g/mol. The Balaban J connectivity index is 2.30. The summed E-state index contributed by atoms with van der Waals surface area (Å²) in [5, 5.41) is 6.65. The second-order valence-electron chi connectivity index (χ2n) is 8.77. The van der Waals surface area contributed by atoms with E-state index in [1.165, 1.54) is 0 Å². The average Bonchev–Trinajstić information content (AvgIpc) is 3.06. The quantitative estimate of drug-likeness (QED) is 0.711. The third-order valence-electron chi connectivity index (χ3n) is 5.61. The Hall–Kier alpha value is -1.73. The lowest BCUT2D eigenvalue weighted by Crippen LogP contribution is -2.61. The van der Waals surface area contributed by atoms with Crippen molar-refractivity contribution in [2.45, 2.75) is 71.0 Å². The van der Waals surface area contributed by atoms with Crippen molar-refractivity contribution in [2.24, 2.45) is 5.92 Å². The molecule has 0 aromatic rings. The van der Waals surface area contributed by atoms with Crippen molar-refractivity contribution in [1.82, 2.24) is 15.5 Å². The molecular formula is C21H35N3O4. The van der Waals surface area contributed by atoms with E-state index in [0.717, 1.165) is 0 Å². The second kappa shape index (κ2) is 9.18. The zero-order chi connectivity index (χ0) is 20.9. The van der Waals surface area contributed by atoms with E-state index in [2.05, 4.69) is 10.6 Å². The number of nitrogens with zero attached hydrogens (tertiary/aromatic N) is 1. The number of hydrogen-bond donors (Lipinski definition) is 2. The molecule has 1 fully saturated rings. The van der Waals surface area contributed by atoms with Gasteiger partial charge in [-0.3, -0.25) is 14.9 Å². The third-order valence-corrected chi connectivity index (χ3v) is 5.61. The number of amides is 1. The van der Waals surface area contributed by atoms with Gasteiger partial charge in [0.05, 0.1) is 17.6 Å². The predicted molar refractivity (Wildman–Crippen MR) is 108 cm³/mol. The fraction of sp³-hybridized carbons (Fsp3) is 0.762. The van der Waals surface area contributed by atoms with Crippen molar-refractivity contribution in [2.75, 3.05) is 26.2 Å². The number of nitrogens with one attached hydrogen (secondary N) is 2. The van der Waals surface area contributed by atoms with Gasteiger partial charge in [0.2, 0.25) is 0 Å². The van der Waals surface area contributed by atoms with Crippen LogP contribution < -0.4 is 10.6 Å². The first-order valence-electron chi connectivity index (χ1n) is 10.3. The van der Waals surface area contributed by atoms with Gasteiger partial charge in [-0.25, -0.2) is 4.79 Å². The lowest BCUT2D eigenvalue weighted by atomic mass is 9.84. The number of carbonyl (C=O) groups excluding carboxylic acids is 3. The van der Waals surface area contributed by atoms with Crippen LogP contribution in [0.3, 0.4) is 0 Å². The van der Waals surface area contributed by atoms with Crippen molar-refractivity contribution >= 4 is 17.7 Å². The van der Waals surface area contributed by atoms with E-state index < -0.39 is 17.2 Å². The van der Waals surface area contributed by atoms with Crippen LogP contribution >= 0.6 is 0 Å². The maximum Gasteiger partial charge on any atom is 0.410 e. The Bertz CT molecular complexity index is 631. The Morgan fingerprint density at radius 2 is 1.93 bits per heavy atom. The SMILES string of the molecule is CC(C)NC1(C)CC/C=C/COC(=O)N2CCC(C(=O)C(C)C)(C2)NCC1=O. The Morgan fingerprint density at radius 1 is 1.21 bits per heavy atom. The predicted octanol–water partition coefficient (Wildman–Crippen LogP) is 2.06. The van der Waals surface area contributed by atoms with Crippen LogP contribution in [0.5, 0.6) is 0 Å². The number of cyclic esters (lactones) is 1. The highest BCUT2D eigenvalue weighted by molar-refractivity contribution is 5.94. The summed E-state index contributed by atoms with van der Waals surface area (Å²) >= 11 is 0. The van der Waals surface area contributed by atoms with Crippen LogP contribution in [0.15, 0.2) is 12.2 Å². The molecule has 1 amide bonds. The highest BCUT2D eigenvalue weighted by Crippen LogP contribution is 2.27. The number of Topliss-reactive ketones (excluding diaryl/α,β-unsaturated/α-hetero) is 2. The van der Waals surface area contributed by atoms with Gasteiger partial charge in [0.15, 0.2) is 11.6 Å². The second-order valence-corrected chi connectivity index (χ2v) is 8.77. The third kappa shape index (κ3) is 5.20. The number of hydrogen-bond acceptors (Lipinski definition) is 6.